The van der Waals surface area contributed by atoms with Crippen LogP contribution in [0.15, 0.2) is 67.1 Å². The standard InChI is InChI=1S/C24H24ClN5/c1-2-28-12-14-29(15-13-28)23-22-21(18-6-4-3-5-7-18)16-30(24(22)27-17-26-23)20-10-8-19(25)9-11-20/h3-11,16-17H,2,12-15H2,1H3. The van der Waals surface area contributed by atoms with Gasteiger partial charge in [0.1, 0.15) is 12.1 Å². The van der Waals surface area contributed by atoms with Crippen molar-refractivity contribution >= 4 is 28.5 Å². The van der Waals surface area contributed by atoms with Gasteiger partial charge < -0.3 is 14.4 Å². The number of piperazine rings is 1. The Balaban J connectivity index is 1.69. The summed E-state index contributed by atoms with van der Waals surface area (Å²) >= 11 is 6.12. The first-order chi connectivity index (χ1) is 14.7. The molecule has 0 radical (unpaired) electrons. The minimum absolute atomic E-state index is 0.725. The molecule has 0 spiro atoms. The van der Waals surface area contributed by atoms with E-state index in [0.29, 0.717) is 0 Å². The molecule has 152 valence electrons. The summed E-state index contributed by atoms with van der Waals surface area (Å²) in [6.45, 7) is 7.37. The van der Waals surface area contributed by atoms with E-state index in [1.165, 1.54) is 5.56 Å². The van der Waals surface area contributed by atoms with Crippen LogP contribution in [0.5, 0.6) is 0 Å². The van der Waals surface area contributed by atoms with Gasteiger partial charge in [-0.2, -0.15) is 0 Å². The number of fused-ring (bicyclic) bond motifs is 1. The second-order valence-corrected chi connectivity index (χ2v) is 8.01. The van der Waals surface area contributed by atoms with E-state index in [0.717, 1.165) is 65.8 Å². The Morgan fingerprint density at radius 1 is 0.900 bits per heavy atom. The van der Waals surface area contributed by atoms with Crippen LogP contribution >= 0.6 is 11.6 Å². The fraction of sp³-hybridized carbons (Fsp3) is 0.250. The number of halogens is 1. The van der Waals surface area contributed by atoms with Gasteiger partial charge in [-0.1, -0.05) is 48.9 Å². The van der Waals surface area contributed by atoms with Crippen LogP contribution in [0.3, 0.4) is 0 Å². The van der Waals surface area contributed by atoms with Crippen molar-refractivity contribution in [2.24, 2.45) is 0 Å². The molecule has 0 N–H and O–H groups in total. The highest BCUT2D eigenvalue weighted by atomic mass is 35.5. The van der Waals surface area contributed by atoms with Crippen molar-refractivity contribution in [1.29, 1.82) is 0 Å². The summed E-state index contributed by atoms with van der Waals surface area (Å²) in [4.78, 5) is 14.3. The van der Waals surface area contributed by atoms with E-state index in [1.54, 1.807) is 6.33 Å². The molecule has 3 heterocycles. The van der Waals surface area contributed by atoms with E-state index < -0.39 is 0 Å². The van der Waals surface area contributed by atoms with E-state index in [4.69, 9.17) is 21.6 Å². The van der Waals surface area contributed by atoms with Gasteiger partial charge in [0.05, 0.1) is 5.39 Å². The Hall–Kier alpha value is -2.89. The largest absolute Gasteiger partial charge is 0.353 e. The average Bonchev–Trinajstić information content (AvgIpc) is 3.20. The summed E-state index contributed by atoms with van der Waals surface area (Å²) < 4.78 is 2.14. The van der Waals surface area contributed by atoms with Crippen molar-refractivity contribution in [3.63, 3.8) is 0 Å². The molecule has 4 aromatic rings. The van der Waals surface area contributed by atoms with E-state index in [1.807, 2.05) is 30.3 Å². The normalized spacial score (nSPS) is 15.1. The summed E-state index contributed by atoms with van der Waals surface area (Å²) in [6.07, 6.45) is 3.86. The number of benzene rings is 2. The highest BCUT2D eigenvalue weighted by molar-refractivity contribution is 6.30. The van der Waals surface area contributed by atoms with Gasteiger partial charge in [0.15, 0.2) is 5.65 Å². The van der Waals surface area contributed by atoms with Crippen molar-refractivity contribution in [1.82, 2.24) is 19.4 Å². The highest BCUT2D eigenvalue weighted by Gasteiger charge is 2.23. The van der Waals surface area contributed by atoms with Gasteiger partial charge in [0, 0.05) is 48.6 Å². The predicted octanol–water partition coefficient (Wildman–Crippen LogP) is 4.88. The van der Waals surface area contributed by atoms with Crippen LogP contribution in [0.2, 0.25) is 5.02 Å². The second kappa shape index (κ2) is 8.09. The van der Waals surface area contributed by atoms with Crippen LogP contribution in [-0.2, 0) is 0 Å². The Morgan fingerprint density at radius 2 is 1.63 bits per heavy atom. The molecule has 0 unspecified atom stereocenters. The van der Waals surface area contributed by atoms with Gasteiger partial charge >= 0.3 is 0 Å². The summed E-state index contributed by atoms with van der Waals surface area (Å²) in [5.74, 6) is 1.02. The number of anilines is 1. The Morgan fingerprint density at radius 3 is 2.33 bits per heavy atom. The molecule has 2 aromatic heterocycles. The van der Waals surface area contributed by atoms with Crippen LogP contribution in [0.25, 0.3) is 27.8 Å². The molecule has 30 heavy (non-hydrogen) atoms. The zero-order chi connectivity index (χ0) is 20.5. The van der Waals surface area contributed by atoms with Crippen LogP contribution in [0, 0.1) is 0 Å². The molecule has 1 saturated heterocycles. The first-order valence-electron chi connectivity index (χ1n) is 10.4. The third-order valence-corrected chi connectivity index (χ3v) is 6.12. The fourth-order valence-corrected chi connectivity index (χ4v) is 4.32. The van der Waals surface area contributed by atoms with Crippen LogP contribution in [0.1, 0.15) is 6.92 Å². The highest BCUT2D eigenvalue weighted by Crippen LogP contribution is 2.37. The summed E-state index contributed by atoms with van der Waals surface area (Å²) in [5.41, 5.74) is 4.26. The Kier molecular flexibility index (Phi) is 5.15. The van der Waals surface area contributed by atoms with Crippen LogP contribution in [-0.4, -0.2) is 52.2 Å². The summed E-state index contributed by atoms with van der Waals surface area (Å²) in [5, 5.41) is 1.83. The SMILES string of the molecule is CCN1CCN(c2ncnc3c2c(-c2ccccc2)cn3-c2ccc(Cl)cc2)CC1. The zero-order valence-corrected chi connectivity index (χ0v) is 17.8. The zero-order valence-electron chi connectivity index (χ0n) is 17.0. The molecule has 0 amide bonds. The minimum Gasteiger partial charge on any atom is -0.353 e. The molecule has 1 aliphatic heterocycles. The molecular formula is C24H24ClN5. The molecule has 1 aliphatic rings. The van der Waals surface area contributed by atoms with Crippen molar-refractivity contribution in [3.8, 4) is 16.8 Å². The molecule has 0 saturated carbocycles. The number of hydrogen-bond donors (Lipinski definition) is 0. The third kappa shape index (κ3) is 3.44. The van der Waals surface area contributed by atoms with Crippen LogP contribution in [0.4, 0.5) is 5.82 Å². The monoisotopic (exact) mass is 417 g/mol. The maximum atomic E-state index is 6.12. The van der Waals surface area contributed by atoms with Crippen molar-refractivity contribution in [2.45, 2.75) is 6.92 Å². The summed E-state index contributed by atoms with van der Waals surface area (Å²) in [7, 11) is 0. The molecule has 0 bridgehead atoms. The molecule has 0 atom stereocenters. The number of nitrogens with zero attached hydrogens (tertiary/aromatic N) is 5. The average molecular weight is 418 g/mol. The van der Waals surface area contributed by atoms with Gasteiger partial charge in [-0.05, 0) is 36.4 Å². The fourth-order valence-electron chi connectivity index (χ4n) is 4.20. The van der Waals surface area contributed by atoms with Gasteiger partial charge in [-0.25, -0.2) is 9.97 Å². The number of hydrogen-bond acceptors (Lipinski definition) is 4. The van der Waals surface area contributed by atoms with E-state index in [9.17, 15) is 0 Å². The molecule has 6 heteroatoms. The minimum atomic E-state index is 0.725. The summed E-state index contributed by atoms with van der Waals surface area (Å²) in [6, 6.07) is 18.4. The van der Waals surface area contributed by atoms with Gasteiger partial charge in [0.2, 0.25) is 0 Å². The molecule has 1 fully saturated rings. The predicted molar refractivity (Wildman–Crippen MR) is 124 cm³/mol. The lowest BCUT2D eigenvalue weighted by Gasteiger charge is -2.35. The lowest BCUT2D eigenvalue weighted by Crippen LogP contribution is -2.46. The van der Waals surface area contributed by atoms with Gasteiger partial charge in [-0.15, -0.1) is 0 Å². The van der Waals surface area contributed by atoms with Crippen LogP contribution < -0.4 is 4.90 Å². The Bertz CT molecular complexity index is 1150. The molecule has 0 aliphatic carbocycles. The lowest BCUT2D eigenvalue weighted by atomic mass is 10.1. The first-order valence-corrected chi connectivity index (χ1v) is 10.8. The van der Waals surface area contributed by atoms with E-state index >= 15 is 0 Å². The number of rotatable bonds is 4. The second-order valence-electron chi connectivity index (χ2n) is 7.57. The van der Waals surface area contributed by atoms with Gasteiger partial charge in [0.25, 0.3) is 0 Å². The topological polar surface area (TPSA) is 37.2 Å². The van der Waals surface area contributed by atoms with Gasteiger partial charge in [-0.3, -0.25) is 0 Å². The van der Waals surface area contributed by atoms with Crippen molar-refractivity contribution < 1.29 is 0 Å². The first kappa shape index (κ1) is 19.1. The number of aromatic nitrogens is 3. The van der Waals surface area contributed by atoms with E-state index in [2.05, 4.69) is 51.8 Å². The molecule has 5 nitrogen and oxygen atoms in total. The smallest absolute Gasteiger partial charge is 0.150 e. The maximum Gasteiger partial charge on any atom is 0.150 e. The molecule has 2 aromatic carbocycles. The number of likely N-dealkylation sites (N-methyl/N-ethyl adjacent to an activating group) is 1. The quantitative estimate of drug-likeness (QED) is 0.474. The third-order valence-electron chi connectivity index (χ3n) is 5.87. The Labute approximate surface area is 181 Å². The molecule has 5 rings (SSSR count). The lowest BCUT2D eigenvalue weighted by molar-refractivity contribution is 0.271. The molecular weight excluding hydrogens is 394 g/mol. The van der Waals surface area contributed by atoms with Crippen molar-refractivity contribution in [3.05, 3.63) is 72.1 Å². The van der Waals surface area contributed by atoms with E-state index in [-0.39, 0.29) is 0 Å². The maximum absolute atomic E-state index is 6.12. The van der Waals surface area contributed by atoms with Crippen molar-refractivity contribution in [2.75, 3.05) is 37.6 Å².